The summed E-state index contributed by atoms with van der Waals surface area (Å²) in [6.07, 6.45) is 5.32. The smallest absolute Gasteiger partial charge is 0.333 e. The van der Waals surface area contributed by atoms with E-state index in [1.807, 2.05) is 49.5 Å². The van der Waals surface area contributed by atoms with Gasteiger partial charge in [-0.05, 0) is 108 Å². The lowest BCUT2D eigenvalue weighted by Crippen LogP contribution is -2.04. The number of pyridine rings is 3. The van der Waals surface area contributed by atoms with Gasteiger partial charge in [-0.1, -0.05) is 281 Å². The Morgan fingerprint density at radius 3 is 0.931 bits per heavy atom. The maximum absolute atomic E-state index is 7.93. The van der Waals surface area contributed by atoms with Crippen molar-refractivity contribution in [2.75, 3.05) is 0 Å². The second kappa shape index (κ2) is 27.3. The zero-order valence-corrected chi connectivity index (χ0v) is 68.7. The highest BCUT2D eigenvalue weighted by molar-refractivity contribution is 6.41. The molecule has 131 heavy (non-hydrogen) atoms. The number of aryl methyl sites for hydroxylation is 1. The molecule has 16 nitrogen and oxygen atoms in total. The number of rotatable bonds is 4. The Morgan fingerprint density at radius 1 is 0.229 bits per heavy atom. The number of hydrogen-bond donors (Lipinski definition) is 0. The first-order valence-electron chi connectivity index (χ1n) is 43.3. The number of hydrogen-bond acceptors (Lipinski definition) is 9. The lowest BCUT2D eigenvalue weighted by Gasteiger charge is -2.12. The third-order valence-electron chi connectivity index (χ3n) is 27.3. The van der Waals surface area contributed by atoms with Crippen LogP contribution in [0.3, 0.4) is 0 Å². The highest BCUT2D eigenvalue weighted by Crippen LogP contribution is 2.53. The molecule has 31 aromatic rings. The largest absolute Gasteiger partial charge is 0.360 e. The van der Waals surface area contributed by atoms with Crippen molar-refractivity contribution in [1.29, 1.82) is 0 Å². The van der Waals surface area contributed by atoms with Crippen LogP contribution in [0.4, 0.5) is 5.82 Å². The molecular weight excluding hydrogens is 1610 g/mol. The maximum atomic E-state index is 7.93. The molecule has 610 valence electrons. The third kappa shape index (κ3) is 9.86. The number of benzene rings is 16. The molecule has 0 unspecified atom stereocenters. The Balaban J connectivity index is 0.000000100. The molecule has 0 aliphatic heterocycles. The molecule has 0 amide bonds. The fraction of sp³-hybridized carbons (Fsp3) is 0.0261. The minimum Gasteiger partial charge on any atom is -0.360 e. The normalized spacial score (nSPS) is 12.2. The van der Waals surface area contributed by atoms with Crippen LogP contribution in [0, 0.1) is 13.5 Å². The molecule has 0 radical (unpaired) electrons. The molecule has 31 rings (SSSR count). The standard InChI is InChI=1S/C41H23N5.C36H18N6.C36H21N5.2CH4/c1-2-12-25(13-3-1)37-30-17-10-22-42-40(30)44-41(43-37)46-34-23-31-27-15-6-8-18-32(27)45-33-19-9-7-16-28(33)36(39(31)45)35(34)29-21-20-24-11-4-5-14-26(24)38(29)46;1-37-34-25-13-8-18-38-35(25)40-36(39-34)42-29-19-26-22-11-4-6-14-27(22)41-28-15-7-5-12-23(28)31(33(26)41)30(29)24-17-16-20-9-2-3-10-21(20)32(24)42;1-20-22-13-8-18-37-35(22)39-36(38-20)41-30-19-27-24-11-4-6-14-28(24)40-29-15-7-5-12-25(29)32(34(27)40)31(30)26-17-16-21-9-2-3-10-23(21)33(26)41;;/h1-23H;2-19H;2-19H,1H3;2*1H4. The minimum absolute atomic E-state index is 0. The van der Waals surface area contributed by atoms with E-state index < -0.39 is 0 Å². The molecule has 0 fully saturated rings. The average Bonchev–Trinajstić information content (AvgIpc) is 1.52. The lowest BCUT2D eigenvalue weighted by molar-refractivity contribution is 0.983. The number of aromatic nitrogens is 15. The van der Waals surface area contributed by atoms with E-state index in [4.69, 9.17) is 41.5 Å². The Kier molecular flexibility index (Phi) is 15.3. The van der Waals surface area contributed by atoms with Crippen molar-refractivity contribution in [3.63, 3.8) is 0 Å². The van der Waals surface area contributed by atoms with E-state index in [1.54, 1.807) is 12.4 Å². The molecule has 0 aliphatic carbocycles. The van der Waals surface area contributed by atoms with Crippen LogP contribution in [-0.4, -0.2) is 71.8 Å². The zero-order valence-electron chi connectivity index (χ0n) is 68.7. The summed E-state index contributed by atoms with van der Waals surface area (Å²) < 4.78 is 14.0. The monoisotopic (exact) mass is 1670 g/mol. The molecule has 0 N–H and O–H groups in total. The summed E-state index contributed by atoms with van der Waals surface area (Å²) in [6.45, 7) is 9.97. The molecule has 0 bridgehead atoms. The van der Waals surface area contributed by atoms with Crippen LogP contribution >= 0.6 is 0 Å². The summed E-state index contributed by atoms with van der Waals surface area (Å²) in [5.74, 6) is 2.01. The van der Waals surface area contributed by atoms with Crippen LogP contribution in [0.5, 0.6) is 0 Å². The van der Waals surface area contributed by atoms with Gasteiger partial charge in [0.2, 0.25) is 11.9 Å². The van der Waals surface area contributed by atoms with Gasteiger partial charge in [-0.2, -0.15) is 15.0 Å². The molecule has 15 heterocycles. The SMILES string of the molecule is C.C.Cc1nc(-n2c3cc4c5ccccc5n5c6ccccc6c(c3c3ccc6ccccc6c32)c45)nc2ncccc12.[C-]#[N+]c1nc(-n2c3cc4c5ccccc5n5c6ccccc6c(c3c3ccc6ccccc6c32)c45)nc2ncccc12.c1ccc(-c2nc(-n3c4cc5c6ccccc6n6c7ccccc7c(c4c4ccc7ccccc7c43)c56)nc3ncccc23)cc1. The molecule has 0 atom stereocenters. The van der Waals surface area contributed by atoms with E-state index in [1.165, 1.54) is 152 Å². The topological polar surface area (TPSA) is 148 Å². The minimum atomic E-state index is 0. The van der Waals surface area contributed by atoms with Crippen LogP contribution in [0.1, 0.15) is 20.5 Å². The van der Waals surface area contributed by atoms with E-state index in [0.29, 0.717) is 46.0 Å². The van der Waals surface area contributed by atoms with E-state index in [0.717, 1.165) is 87.8 Å². The zero-order chi connectivity index (χ0) is 84.3. The predicted octanol–water partition coefficient (Wildman–Crippen LogP) is 29.1. The molecule has 16 heteroatoms. The lowest BCUT2D eigenvalue weighted by atomic mass is 10.0. The Hall–Kier alpha value is -17.9. The van der Waals surface area contributed by atoms with Crippen LogP contribution in [0.15, 0.2) is 358 Å². The van der Waals surface area contributed by atoms with Crippen molar-refractivity contribution in [3.8, 4) is 29.1 Å². The first kappa shape index (κ1) is 73.4. The third-order valence-corrected chi connectivity index (χ3v) is 27.3. The highest BCUT2D eigenvalue weighted by atomic mass is 15.2. The van der Waals surface area contributed by atoms with Gasteiger partial charge in [0.1, 0.15) is 0 Å². The van der Waals surface area contributed by atoms with Crippen molar-refractivity contribution in [2.45, 2.75) is 21.8 Å². The van der Waals surface area contributed by atoms with Gasteiger partial charge in [0, 0.05) is 153 Å². The van der Waals surface area contributed by atoms with Crippen LogP contribution in [-0.2, 0) is 0 Å². The summed E-state index contributed by atoms with van der Waals surface area (Å²) >= 11 is 0. The number of nitrogens with zero attached hydrogens (tertiary/aromatic N) is 16. The second-order valence-corrected chi connectivity index (χ2v) is 33.7. The first-order valence-corrected chi connectivity index (χ1v) is 43.3. The van der Waals surface area contributed by atoms with Crippen LogP contribution in [0.25, 0.3) is 279 Å². The summed E-state index contributed by atoms with van der Waals surface area (Å²) in [7, 11) is 0. The second-order valence-electron chi connectivity index (χ2n) is 33.7. The molecule has 0 aliphatic rings. The first-order chi connectivity index (χ1) is 63.9. The average molecular weight is 1680 g/mol. The summed E-state index contributed by atoms with van der Waals surface area (Å²) in [4.78, 5) is 48.2. The number of para-hydroxylation sites is 6. The molecule has 15 aromatic heterocycles. The van der Waals surface area contributed by atoms with Crippen molar-refractivity contribution in [1.82, 2.24) is 71.8 Å². The quantitative estimate of drug-likeness (QED) is 0.157. The van der Waals surface area contributed by atoms with Gasteiger partial charge in [-0.3, -0.25) is 13.7 Å². The van der Waals surface area contributed by atoms with Gasteiger partial charge in [-0.15, -0.1) is 0 Å². The predicted molar refractivity (Wildman–Crippen MR) is 541 cm³/mol. The van der Waals surface area contributed by atoms with Gasteiger partial charge in [0.05, 0.1) is 94.1 Å². The van der Waals surface area contributed by atoms with Gasteiger partial charge < -0.3 is 18.0 Å². The van der Waals surface area contributed by atoms with Crippen LogP contribution in [0.2, 0.25) is 0 Å². The number of fused-ring (bicyclic) bond motifs is 39. The fourth-order valence-corrected chi connectivity index (χ4v) is 22.1. The Bertz CT molecular complexity index is 10400. The van der Waals surface area contributed by atoms with Crippen LogP contribution < -0.4 is 0 Å². The van der Waals surface area contributed by atoms with Gasteiger partial charge in [-0.25, -0.2) is 24.9 Å². The van der Waals surface area contributed by atoms with Gasteiger partial charge in [0.15, 0.2) is 16.9 Å². The van der Waals surface area contributed by atoms with Crippen molar-refractivity contribution < 1.29 is 0 Å². The highest BCUT2D eigenvalue weighted by Gasteiger charge is 2.32. The summed E-state index contributed by atoms with van der Waals surface area (Å²) in [6, 6.07) is 120. The molecular formula is C115H70N16. The summed E-state index contributed by atoms with van der Waals surface area (Å²) in [5.41, 5.74) is 22.2. The van der Waals surface area contributed by atoms with Gasteiger partial charge in [0.25, 0.3) is 5.82 Å². The van der Waals surface area contributed by atoms with E-state index >= 15 is 0 Å². The van der Waals surface area contributed by atoms with E-state index in [9.17, 15) is 0 Å². The van der Waals surface area contributed by atoms with Crippen molar-refractivity contribution in [2.24, 2.45) is 0 Å². The molecule has 0 saturated carbocycles. The Labute approximate surface area is 744 Å². The fourth-order valence-electron chi connectivity index (χ4n) is 22.1. The van der Waals surface area contributed by atoms with E-state index in [2.05, 4.69) is 345 Å². The maximum Gasteiger partial charge on any atom is 0.333 e. The molecule has 0 spiro atoms. The van der Waals surface area contributed by atoms with E-state index in [-0.39, 0.29) is 14.9 Å². The van der Waals surface area contributed by atoms with Crippen molar-refractivity contribution >= 4 is 251 Å². The summed E-state index contributed by atoms with van der Waals surface area (Å²) in [5, 5.41) is 31.4. The van der Waals surface area contributed by atoms with Gasteiger partial charge >= 0.3 is 5.95 Å². The Morgan fingerprint density at radius 2 is 0.534 bits per heavy atom. The molecule has 0 saturated heterocycles. The molecule has 16 aromatic carbocycles. The van der Waals surface area contributed by atoms with Crippen molar-refractivity contribution in [3.05, 3.63) is 375 Å².